The zero-order valence-electron chi connectivity index (χ0n) is 11.9. The largest absolute Gasteiger partial charge is 0.508 e. The Morgan fingerprint density at radius 1 is 0.762 bits per heavy atom. The van der Waals surface area contributed by atoms with Gasteiger partial charge in [-0.3, -0.25) is 0 Å². The quantitative estimate of drug-likeness (QED) is 0.520. The Morgan fingerprint density at radius 2 is 1.48 bits per heavy atom. The van der Waals surface area contributed by atoms with Crippen molar-refractivity contribution in [3.05, 3.63) is 77.4 Å². The summed E-state index contributed by atoms with van der Waals surface area (Å²) < 4.78 is 0. The van der Waals surface area contributed by atoms with Crippen molar-refractivity contribution < 1.29 is 5.11 Å². The lowest BCUT2D eigenvalue weighted by Crippen LogP contribution is -1.90. The summed E-state index contributed by atoms with van der Waals surface area (Å²) in [7, 11) is 0. The molecule has 0 fully saturated rings. The summed E-state index contributed by atoms with van der Waals surface area (Å²) in [6, 6.07) is 20.7. The summed E-state index contributed by atoms with van der Waals surface area (Å²) >= 11 is 0. The van der Waals surface area contributed by atoms with Crippen molar-refractivity contribution in [1.82, 2.24) is 0 Å². The molecule has 0 spiro atoms. The smallest absolute Gasteiger partial charge is 0.116 e. The van der Waals surface area contributed by atoms with Crippen molar-refractivity contribution in [1.29, 1.82) is 0 Å². The van der Waals surface area contributed by atoms with Crippen molar-refractivity contribution in [2.75, 3.05) is 0 Å². The molecule has 1 nitrogen and oxygen atoms in total. The minimum absolute atomic E-state index is 0.323. The molecule has 0 amide bonds. The average Bonchev–Trinajstić information content (AvgIpc) is 2.88. The number of hydrogen-bond acceptors (Lipinski definition) is 1. The number of rotatable bonds is 1. The molecule has 3 aromatic carbocycles. The SMILES string of the molecule is Cc1ccc(O)cc1-c1cccc2c1Cc1ccccc1-2. The highest BCUT2D eigenvalue weighted by atomic mass is 16.3. The molecule has 4 rings (SSSR count). The van der Waals surface area contributed by atoms with Gasteiger partial charge in [-0.05, 0) is 64.4 Å². The van der Waals surface area contributed by atoms with E-state index in [1.807, 2.05) is 12.1 Å². The van der Waals surface area contributed by atoms with Crippen LogP contribution in [0.15, 0.2) is 60.7 Å². The standard InChI is InChI=1S/C20H16O/c1-13-9-10-15(21)12-19(13)18-8-4-7-17-16-6-3-2-5-14(16)11-20(17)18/h2-10,12,21H,11H2,1H3. The number of phenols is 1. The van der Waals surface area contributed by atoms with Crippen LogP contribution in [0.1, 0.15) is 16.7 Å². The summed E-state index contributed by atoms with van der Waals surface area (Å²) in [4.78, 5) is 0. The maximum Gasteiger partial charge on any atom is 0.116 e. The maximum atomic E-state index is 9.82. The van der Waals surface area contributed by atoms with E-state index in [1.165, 1.54) is 33.4 Å². The molecule has 0 saturated carbocycles. The Morgan fingerprint density at radius 3 is 2.33 bits per heavy atom. The first-order chi connectivity index (χ1) is 10.2. The molecular weight excluding hydrogens is 256 g/mol. The van der Waals surface area contributed by atoms with Crippen molar-refractivity contribution in [3.8, 4) is 28.0 Å². The molecule has 1 aliphatic rings. The van der Waals surface area contributed by atoms with Crippen LogP contribution < -0.4 is 0 Å². The third kappa shape index (κ3) is 1.85. The second-order valence-electron chi connectivity index (χ2n) is 5.66. The lowest BCUT2D eigenvalue weighted by Gasteiger charge is -2.12. The van der Waals surface area contributed by atoms with Crippen molar-refractivity contribution in [2.24, 2.45) is 0 Å². The molecule has 0 atom stereocenters. The molecular formula is C20H16O. The molecule has 0 bridgehead atoms. The van der Waals surface area contributed by atoms with Crippen LogP contribution in [0.2, 0.25) is 0 Å². The van der Waals surface area contributed by atoms with E-state index in [-0.39, 0.29) is 0 Å². The van der Waals surface area contributed by atoms with Crippen LogP contribution in [0.4, 0.5) is 0 Å². The van der Waals surface area contributed by atoms with Gasteiger partial charge in [0.05, 0.1) is 0 Å². The summed E-state index contributed by atoms with van der Waals surface area (Å²) in [5.74, 6) is 0.323. The Labute approximate surface area is 124 Å². The number of fused-ring (bicyclic) bond motifs is 3. The zero-order valence-corrected chi connectivity index (χ0v) is 11.9. The van der Waals surface area contributed by atoms with Gasteiger partial charge in [0, 0.05) is 0 Å². The van der Waals surface area contributed by atoms with Gasteiger partial charge in [-0.15, -0.1) is 0 Å². The Hall–Kier alpha value is -2.54. The van der Waals surface area contributed by atoms with Crippen LogP contribution in [0.25, 0.3) is 22.3 Å². The fraction of sp³-hybridized carbons (Fsp3) is 0.100. The molecule has 0 unspecified atom stereocenters. The molecule has 3 aromatic rings. The monoisotopic (exact) mass is 272 g/mol. The van der Waals surface area contributed by atoms with E-state index in [2.05, 4.69) is 49.4 Å². The van der Waals surface area contributed by atoms with Crippen molar-refractivity contribution >= 4 is 0 Å². The van der Waals surface area contributed by atoms with Gasteiger partial charge < -0.3 is 5.11 Å². The van der Waals surface area contributed by atoms with Crippen molar-refractivity contribution in [3.63, 3.8) is 0 Å². The number of hydrogen-bond donors (Lipinski definition) is 1. The highest BCUT2D eigenvalue weighted by Crippen LogP contribution is 2.42. The molecule has 0 saturated heterocycles. The van der Waals surface area contributed by atoms with Gasteiger partial charge in [-0.25, -0.2) is 0 Å². The number of aryl methyl sites for hydroxylation is 1. The summed E-state index contributed by atoms with van der Waals surface area (Å²) in [6.07, 6.45) is 0.969. The Bertz CT molecular complexity index is 846. The number of aromatic hydroxyl groups is 1. The van der Waals surface area contributed by atoms with Crippen molar-refractivity contribution in [2.45, 2.75) is 13.3 Å². The molecule has 102 valence electrons. The predicted molar refractivity (Wildman–Crippen MR) is 86.5 cm³/mol. The summed E-state index contributed by atoms with van der Waals surface area (Å²) in [5.41, 5.74) is 8.97. The number of benzene rings is 3. The first-order valence-electron chi connectivity index (χ1n) is 7.24. The van der Waals surface area contributed by atoms with Gasteiger partial charge >= 0.3 is 0 Å². The van der Waals surface area contributed by atoms with Crippen LogP contribution in [-0.2, 0) is 6.42 Å². The van der Waals surface area contributed by atoms with Gasteiger partial charge in [0.25, 0.3) is 0 Å². The third-order valence-corrected chi connectivity index (χ3v) is 4.36. The van der Waals surface area contributed by atoms with Crippen LogP contribution in [0.3, 0.4) is 0 Å². The minimum Gasteiger partial charge on any atom is -0.508 e. The second kappa shape index (κ2) is 4.49. The third-order valence-electron chi connectivity index (χ3n) is 4.36. The first kappa shape index (κ1) is 12.2. The van der Waals surface area contributed by atoms with E-state index in [4.69, 9.17) is 0 Å². The lowest BCUT2D eigenvalue weighted by atomic mass is 9.93. The normalized spacial score (nSPS) is 12.0. The van der Waals surface area contributed by atoms with Gasteiger partial charge in [-0.2, -0.15) is 0 Å². The molecule has 0 aromatic heterocycles. The van der Waals surface area contributed by atoms with Gasteiger partial charge in [0.2, 0.25) is 0 Å². The molecule has 21 heavy (non-hydrogen) atoms. The van der Waals surface area contributed by atoms with E-state index >= 15 is 0 Å². The highest BCUT2D eigenvalue weighted by molar-refractivity contribution is 5.85. The van der Waals surface area contributed by atoms with E-state index in [0.717, 1.165) is 12.0 Å². The Balaban J connectivity index is 1.96. The van der Waals surface area contributed by atoms with E-state index in [1.54, 1.807) is 6.07 Å². The molecule has 0 heterocycles. The summed E-state index contributed by atoms with van der Waals surface area (Å²) in [5, 5.41) is 9.82. The van der Waals surface area contributed by atoms with Crippen LogP contribution in [0, 0.1) is 6.92 Å². The van der Waals surface area contributed by atoms with E-state index in [0.29, 0.717) is 5.75 Å². The van der Waals surface area contributed by atoms with E-state index < -0.39 is 0 Å². The highest BCUT2D eigenvalue weighted by Gasteiger charge is 2.21. The molecule has 1 heteroatoms. The average molecular weight is 272 g/mol. The van der Waals surface area contributed by atoms with E-state index in [9.17, 15) is 5.11 Å². The molecule has 0 aliphatic heterocycles. The number of phenolic OH excluding ortho intramolecular Hbond substituents is 1. The van der Waals surface area contributed by atoms with Gasteiger partial charge in [0.1, 0.15) is 5.75 Å². The minimum atomic E-state index is 0.323. The Kier molecular flexibility index (Phi) is 2.61. The molecule has 1 N–H and O–H groups in total. The van der Waals surface area contributed by atoms with Gasteiger partial charge in [0.15, 0.2) is 0 Å². The maximum absolute atomic E-state index is 9.82. The zero-order chi connectivity index (χ0) is 14.4. The molecule has 1 aliphatic carbocycles. The van der Waals surface area contributed by atoms with Crippen LogP contribution >= 0.6 is 0 Å². The van der Waals surface area contributed by atoms with Crippen LogP contribution in [0.5, 0.6) is 5.75 Å². The predicted octanol–water partition coefficient (Wildman–Crippen LogP) is 4.94. The second-order valence-corrected chi connectivity index (χ2v) is 5.66. The first-order valence-corrected chi connectivity index (χ1v) is 7.24. The lowest BCUT2D eigenvalue weighted by molar-refractivity contribution is 0.475. The fourth-order valence-corrected chi connectivity index (χ4v) is 3.31. The van der Waals surface area contributed by atoms with Crippen LogP contribution in [-0.4, -0.2) is 5.11 Å². The topological polar surface area (TPSA) is 20.2 Å². The van der Waals surface area contributed by atoms with Gasteiger partial charge in [-0.1, -0.05) is 48.5 Å². The fourth-order valence-electron chi connectivity index (χ4n) is 3.31. The summed E-state index contributed by atoms with van der Waals surface area (Å²) in [6.45, 7) is 2.09. The molecule has 0 radical (unpaired) electrons.